The molecule has 0 radical (unpaired) electrons. The van der Waals surface area contributed by atoms with Crippen molar-refractivity contribution in [3.63, 3.8) is 0 Å². The van der Waals surface area contributed by atoms with Gasteiger partial charge in [0.25, 0.3) is 5.97 Å². The average molecular weight is 549 g/mol. The van der Waals surface area contributed by atoms with Crippen molar-refractivity contribution in [2.75, 3.05) is 13.1 Å². The van der Waals surface area contributed by atoms with Crippen LogP contribution < -0.4 is 21.3 Å². The van der Waals surface area contributed by atoms with Crippen molar-refractivity contribution < 1.29 is 53.7 Å². The molecule has 15 heteroatoms. The summed E-state index contributed by atoms with van der Waals surface area (Å²) in [4.78, 5) is 88.2. The lowest BCUT2D eigenvalue weighted by atomic mass is 10.0. The summed E-state index contributed by atoms with van der Waals surface area (Å²) in [5, 5.41) is 33.3. The van der Waals surface area contributed by atoms with Crippen molar-refractivity contribution in [1.29, 1.82) is 0 Å². The van der Waals surface area contributed by atoms with E-state index in [-0.39, 0.29) is 24.7 Å². The van der Waals surface area contributed by atoms with Gasteiger partial charge in [-0.2, -0.15) is 0 Å². The second kappa shape index (κ2) is 22.2. The van der Waals surface area contributed by atoms with Crippen LogP contribution in [-0.4, -0.2) is 87.8 Å². The maximum Gasteiger partial charge on any atom is 0.305 e. The van der Waals surface area contributed by atoms with E-state index < -0.39 is 66.6 Å². The van der Waals surface area contributed by atoms with Gasteiger partial charge in [0.15, 0.2) is 5.78 Å². The van der Waals surface area contributed by atoms with E-state index in [0.717, 1.165) is 13.8 Å². The quantitative estimate of drug-likeness (QED) is 0.143. The number of carbonyl (C=O) groups is 8. The minimum Gasteiger partial charge on any atom is -0.481 e. The van der Waals surface area contributed by atoms with Crippen LogP contribution in [0.5, 0.6) is 0 Å². The highest BCUT2D eigenvalue weighted by Gasteiger charge is 2.26. The first-order valence-corrected chi connectivity index (χ1v) is 11.7. The Balaban J connectivity index is -0.00000116. The molecule has 0 aliphatic rings. The molecule has 0 aromatic rings. The van der Waals surface area contributed by atoms with Gasteiger partial charge in [-0.1, -0.05) is 27.7 Å². The SMILES string of the molecule is CC(=O)O.CCC(=O)O.CCCC(=O)CNC(=O)C(NC(=O)CNC(=O)[C@H](CC(=O)O)NC(C)=O)C(C)C. The van der Waals surface area contributed by atoms with Crippen LogP contribution in [0.4, 0.5) is 0 Å². The van der Waals surface area contributed by atoms with E-state index in [9.17, 15) is 33.6 Å². The Labute approximate surface area is 221 Å². The van der Waals surface area contributed by atoms with Crippen LogP contribution in [-0.2, 0) is 38.4 Å². The fourth-order valence-electron chi connectivity index (χ4n) is 2.34. The summed E-state index contributed by atoms with van der Waals surface area (Å²) in [5.41, 5.74) is 0. The average Bonchev–Trinajstić information content (AvgIpc) is 2.78. The molecule has 0 fully saturated rings. The van der Waals surface area contributed by atoms with Crippen LogP contribution in [0.1, 0.15) is 67.2 Å². The summed E-state index contributed by atoms with van der Waals surface area (Å²) in [7, 11) is 0. The molecule has 218 valence electrons. The highest BCUT2D eigenvalue weighted by atomic mass is 16.4. The van der Waals surface area contributed by atoms with E-state index in [0.29, 0.717) is 12.8 Å². The van der Waals surface area contributed by atoms with E-state index >= 15 is 0 Å². The molecule has 1 unspecified atom stereocenters. The number of rotatable bonds is 14. The number of ketones is 1. The van der Waals surface area contributed by atoms with Gasteiger partial charge in [-0.05, 0) is 12.3 Å². The molecule has 2 atom stereocenters. The number of carboxylic acid groups (broad SMARTS) is 3. The summed E-state index contributed by atoms with van der Waals surface area (Å²) in [6, 6.07) is -2.24. The molecule has 38 heavy (non-hydrogen) atoms. The Morgan fingerprint density at radius 1 is 0.737 bits per heavy atom. The molecule has 0 spiro atoms. The van der Waals surface area contributed by atoms with Crippen LogP contribution in [0, 0.1) is 5.92 Å². The van der Waals surface area contributed by atoms with Crippen molar-refractivity contribution in [3.8, 4) is 0 Å². The second-order valence-electron chi connectivity index (χ2n) is 8.13. The van der Waals surface area contributed by atoms with E-state index in [2.05, 4.69) is 21.3 Å². The van der Waals surface area contributed by atoms with Gasteiger partial charge >= 0.3 is 11.9 Å². The molecule has 0 aliphatic carbocycles. The van der Waals surface area contributed by atoms with Gasteiger partial charge in [0.2, 0.25) is 23.6 Å². The molecule has 7 N–H and O–H groups in total. The Bertz CT molecular complexity index is 808. The lowest BCUT2D eigenvalue weighted by Gasteiger charge is -2.22. The Morgan fingerprint density at radius 3 is 1.58 bits per heavy atom. The zero-order valence-electron chi connectivity index (χ0n) is 22.6. The van der Waals surface area contributed by atoms with Crippen molar-refractivity contribution in [1.82, 2.24) is 21.3 Å². The molecule has 0 aromatic carbocycles. The maximum absolute atomic E-state index is 12.2. The molecule has 4 amide bonds. The third kappa shape index (κ3) is 25.1. The number of hydrogen-bond donors (Lipinski definition) is 7. The molecule has 0 aliphatic heterocycles. The number of carboxylic acids is 3. The predicted molar refractivity (Wildman–Crippen MR) is 134 cm³/mol. The minimum absolute atomic E-state index is 0.121. The van der Waals surface area contributed by atoms with Gasteiger partial charge < -0.3 is 36.6 Å². The van der Waals surface area contributed by atoms with Crippen molar-refractivity contribution in [3.05, 3.63) is 0 Å². The third-order valence-electron chi connectivity index (χ3n) is 4.05. The van der Waals surface area contributed by atoms with Gasteiger partial charge in [-0.15, -0.1) is 0 Å². The first kappa shape index (κ1) is 38.5. The van der Waals surface area contributed by atoms with Gasteiger partial charge in [-0.3, -0.25) is 38.4 Å². The topological polar surface area (TPSA) is 245 Å². The predicted octanol–water partition coefficient (Wildman–Crippen LogP) is -0.720. The van der Waals surface area contributed by atoms with Crippen molar-refractivity contribution in [2.24, 2.45) is 5.92 Å². The van der Waals surface area contributed by atoms with E-state index in [1.54, 1.807) is 20.8 Å². The summed E-state index contributed by atoms with van der Waals surface area (Å²) >= 11 is 0. The molecular weight excluding hydrogens is 508 g/mol. The van der Waals surface area contributed by atoms with Gasteiger partial charge in [0.1, 0.15) is 12.1 Å². The molecule has 15 nitrogen and oxygen atoms in total. The molecule has 0 heterocycles. The summed E-state index contributed by atoms with van der Waals surface area (Å²) < 4.78 is 0. The number of carbonyl (C=O) groups excluding carboxylic acids is 5. The van der Waals surface area contributed by atoms with Gasteiger partial charge in [0, 0.05) is 26.7 Å². The molecular formula is C23H40N4O11. The lowest BCUT2D eigenvalue weighted by molar-refractivity contribution is -0.140. The fraction of sp³-hybridized carbons (Fsp3) is 0.652. The minimum atomic E-state index is -1.33. The maximum atomic E-state index is 12.2. The molecule has 0 saturated carbocycles. The van der Waals surface area contributed by atoms with Crippen LogP contribution >= 0.6 is 0 Å². The Kier molecular flexibility index (Phi) is 22.5. The Hall–Kier alpha value is -4.04. The Morgan fingerprint density at radius 2 is 1.21 bits per heavy atom. The van der Waals surface area contributed by atoms with E-state index in [1.807, 2.05) is 6.92 Å². The standard InChI is InChI=1S/C18H30N4O7.C3H6O2.C2H4O2/c1-5-6-12(24)8-19-18(29)16(10(2)3)22-14(25)9-20-17(28)13(7-15(26)27)21-11(4)23;1-2-3(4)5;1-2(3)4/h10,13,16H,5-9H2,1-4H3,(H,19,29)(H,20,28)(H,21,23)(H,22,25)(H,26,27);2H2,1H3,(H,4,5);1H3,(H,3,4)/t13-,16?;;/m0../s1. The van der Waals surface area contributed by atoms with Gasteiger partial charge in [0.05, 0.1) is 19.5 Å². The third-order valence-corrected chi connectivity index (χ3v) is 4.05. The van der Waals surface area contributed by atoms with Gasteiger partial charge in [-0.25, -0.2) is 0 Å². The lowest BCUT2D eigenvalue weighted by Crippen LogP contribution is -2.54. The van der Waals surface area contributed by atoms with Crippen molar-refractivity contribution >= 4 is 47.3 Å². The van der Waals surface area contributed by atoms with E-state index in [4.69, 9.17) is 20.1 Å². The number of Topliss-reactive ketones (excluding diaryl/α,β-unsaturated/α-hetero) is 1. The molecule has 0 aromatic heterocycles. The highest BCUT2D eigenvalue weighted by Crippen LogP contribution is 2.02. The monoisotopic (exact) mass is 548 g/mol. The summed E-state index contributed by atoms with van der Waals surface area (Å²) in [6.07, 6.45) is 0.590. The number of hydrogen-bond acceptors (Lipinski definition) is 8. The molecule has 0 rings (SSSR count). The van der Waals surface area contributed by atoms with Crippen molar-refractivity contribution in [2.45, 2.75) is 79.3 Å². The largest absolute Gasteiger partial charge is 0.481 e. The van der Waals surface area contributed by atoms with Crippen LogP contribution in [0.3, 0.4) is 0 Å². The fourth-order valence-corrected chi connectivity index (χ4v) is 2.34. The molecule has 0 saturated heterocycles. The first-order chi connectivity index (χ1) is 17.5. The zero-order valence-corrected chi connectivity index (χ0v) is 22.6. The second-order valence-corrected chi connectivity index (χ2v) is 8.13. The van der Waals surface area contributed by atoms with E-state index in [1.165, 1.54) is 0 Å². The highest BCUT2D eigenvalue weighted by molar-refractivity contribution is 5.94. The number of nitrogens with one attached hydrogen (secondary N) is 4. The smallest absolute Gasteiger partial charge is 0.305 e. The zero-order chi connectivity index (χ0) is 30.4. The number of aliphatic carboxylic acids is 3. The van der Waals surface area contributed by atoms with Crippen LogP contribution in [0.2, 0.25) is 0 Å². The summed E-state index contributed by atoms with van der Waals surface area (Å²) in [6.45, 7) is 8.43. The van der Waals surface area contributed by atoms with Crippen LogP contribution in [0.25, 0.3) is 0 Å². The normalized spacial score (nSPS) is 11.1. The van der Waals surface area contributed by atoms with Crippen LogP contribution in [0.15, 0.2) is 0 Å². The number of amides is 4. The first-order valence-electron chi connectivity index (χ1n) is 11.7. The summed E-state index contributed by atoms with van der Waals surface area (Å²) in [5.74, 6) is -5.91. The molecule has 0 bridgehead atoms.